The predicted octanol–water partition coefficient (Wildman–Crippen LogP) is 0.842. The van der Waals surface area contributed by atoms with Crippen LogP contribution in [0, 0.1) is 10.1 Å². The number of nitrogens with zero attached hydrogens (tertiary/aromatic N) is 3. The Balaban J connectivity index is 3.05. The van der Waals surface area contributed by atoms with E-state index in [-0.39, 0.29) is 11.5 Å². The maximum Gasteiger partial charge on any atom is 0.301 e. The maximum atomic E-state index is 11.5. The highest BCUT2D eigenvalue weighted by Gasteiger charge is 2.21. The summed E-state index contributed by atoms with van der Waals surface area (Å²) in [6, 6.07) is 2.61. The molecule has 1 aromatic rings. The van der Waals surface area contributed by atoms with Crippen LogP contribution in [0.2, 0.25) is 0 Å². The Morgan fingerprint density at radius 3 is 2.50 bits per heavy atom. The van der Waals surface area contributed by atoms with Crippen LogP contribution in [0.4, 0.5) is 11.5 Å². The van der Waals surface area contributed by atoms with Crippen LogP contribution < -0.4 is 15.7 Å². The van der Waals surface area contributed by atoms with Crippen molar-refractivity contribution in [2.24, 2.45) is 11.0 Å². The third-order valence-electron chi connectivity index (χ3n) is 1.88. The molecule has 0 bridgehead atoms. The van der Waals surface area contributed by atoms with Gasteiger partial charge in [0.15, 0.2) is 0 Å². The lowest BCUT2D eigenvalue weighted by Gasteiger charge is -2.24. The number of hydrogen-bond donors (Lipinski definition) is 2. The Morgan fingerprint density at radius 2 is 2.19 bits per heavy atom. The molecule has 0 atom stereocenters. The highest BCUT2D eigenvalue weighted by atomic mass is 31.2. The van der Waals surface area contributed by atoms with E-state index in [4.69, 9.17) is 11.0 Å². The fourth-order valence-electron chi connectivity index (χ4n) is 1.18. The number of pyridine rings is 1. The number of nitro groups is 1. The van der Waals surface area contributed by atoms with E-state index in [1.54, 1.807) is 6.92 Å². The fraction of sp³-hybridized carbons (Fsp3) is 0.286. The van der Waals surface area contributed by atoms with Crippen molar-refractivity contribution in [3.8, 4) is 0 Å². The molecule has 1 aromatic heterocycles. The molecule has 9 heteroatoms. The monoisotopic (exact) mass is 245 g/mol. The summed E-state index contributed by atoms with van der Waals surface area (Å²) >= 11 is 0. The molecular weight excluding hydrogens is 233 g/mol. The quantitative estimate of drug-likeness (QED) is 0.456. The van der Waals surface area contributed by atoms with E-state index >= 15 is 0 Å². The number of anilines is 1. The van der Waals surface area contributed by atoms with Crippen molar-refractivity contribution >= 4 is 19.1 Å². The van der Waals surface area contributed by atoms with Crippen LogP contribution in [0.1, 0.15) is 6.92 Å². The lowest BCUT2D eigenvalue weighted by Crippen LogP contribution is -2.29. The van der Waals surface area contributed by atoms with Crippen molar-refractivity contribution in [1.29, 1.82) is 0 Å². The Morgan fingerprint density at radius 1 is 1.56 bits per heavy atom. The van der Waals surface area contributed by atoms with E-state index in [2.05, 4.69) is 4.98 Å². The molecule has 8 nitrogen and oxygen atoms in total. The van der Waals surface area contributed by atoms with E-state index in [9.17, 15) is 14.7 Å². The molecule has 88 valence electrons. The van der Waals surface area contributed by atoms with Crippen molar-refractivity contribution < 1.29 is 9.49 Å². The summed E-state index contributed by atoms with van der Waals surface area (Å²) in [5.74, 6) is 0.251. The Kier molecular flexibility index (Phi) is 3.58. The topological polar surface area (TPSA) is 128 Å². The second kappa shape index (κ2) is 4.56. The molecule has 0 fully saturated rings. The number of hydrogen-bond acceptors (Lipinski definition) is 4. The molecule has 4 N–H and O–H groups in total. The van der Waals surface area contributed by atoms with Crippen LogP contribution in [0.3, 0.4) is 0 Å². The van der Waals surface area contributed by atoms with E-state index in [0.717, 1.165) is 6.20 Å². The molecule has 0 radical (unpaired) electrons. The van der Waals surface area contributed by atoms with Gasteiger partial charge in [-0.15, -0.1) is 0 Å². The Hall–Kier alpha value is -1.50. The summed E-state index contributed by atoms with van der Waals surface area (Å²) in [7, 11) is -3.44. The average molecular weight is 245 g/mol. The van der Waals surface area contributed by atoms with Gasteiger partial charge >= 0.3 is 7.59 Å². The van der Waals surface area contributed by atoms with Gasteiger partial charge in [-0.25, -0.2) is 4.98 Å². The minimum absolute atomic E-state index is 0.149. The highest BCUT2D eigenvalue weighted by molar-refractivity contribution is 7.60. The smallest absolute Gasteiger partial charge is 0.284 e. The minimum Gasteiger partial charge on any atom is -0.284 e. The second-order valence-corrected chi connectivity index (χ2v) is 4.85. The molecule has 0 saturated carbocycles. The molecule has 0 saturated heterocycles. The molecule has 1 heterocycles. The van der Waals surface area contributed by atoms with Crippen LogP contribution in [-0.2, 0) is 4.57 Å². The summed E-state index contributed by atoms with van der Waals surface area (Å²) in [5.41, 5.74) is 10.5. The Bertz CT molecular complexity index is 428. The molecule has 0 aliphatic rings. The molecule has 1 rings (SSSR count). The van der Waals surface area contributed by atoms with Gasteiger partial charge in [0.05, 0.1) is 4.92 Å². The largest absolute Gasteiger partial charge is 0.301 e. The van der Waals surface area contributed by atoms with Crippen LogP contribution in [0.25, 0.3) is 0 Å². The third kappa shape index (κ3) is 2.75. The second-order valence-electron chi connectivity index (χ2n) is 3.02. The van der Waals surface area contributed by atoms with Gasteiger partial charge in [-0.2, -0.15) is 0 Å². The normalized spacial score (nSPS) is 11.2. The summed E-state index contributed by atoms with van der Waals surface area (Å²) in [4.78, 5) is 13.6. The molecule has 16 heavy (non-hydrogen) atoms. The molecule has 0 aromatic carbocycles. The van der Waals surface area contributed by atoms with Gasteiger partial charge in [0.25, 0.3) is 5.69 Å². The number of nitrogens with two attached hydrogens (primary N) is 2. The lowest BCUT2D eigenvalue weighted by molar-refractivity contribution is -0.385. The first-order valence-corrected chi connectivity index (χ1v) is 6.21. The Labute approximate surface area is 91.9 Å². The number of aromatic nitrogens is 1. The van der Waals surface area contributed by atoms with Crippen LogP contribution in [0.15, 0.2) is 18.3 Å². The molecule has 0 aliphatic carbocycles. The molecule has 0 aliphatic heterocycles. The minimum atomic E-state index is -3.44. The summed E-state index contributed by atoms with van der Waals surface area (Å²) < 4.78 is 12.7. The van der Waals surface area contributed by atoms with Crippen molar-refractivity contribution in [1.82, 2.24) is 4.98 Å². The van der Waals surface area contributed by atoms with Gasteiger partial charge < -0.3 is 0 Å². The molecule has 0 amide bonds. The fourth-order valence-corrected chi connectivity index (χ4v) is 2.06. The first-order chi connectivity index (χ1) is 7.36. The van der Waals surface area contributed by atoms with E-state index in [1.165, 1.54) is 16.8 Å². The zero-order chi connectivity index (χ0) is 12.3. The van der Waals surface area contributed by atoms with Crippen LogP contribution in [-0.4, -0.2) is 16.5 Å². The lowest BCUT2D eigenvalue weighted by atomic mass is 10.4. The van der Waals surface area contributed by atoms with Gasteiger partial charge in [-0.1, -0.05) is 0 Å². The zero-order valence-corrected chi connectivity index (χ0v) is 9.50. The first-order valence-electron chi connectivity index (χ1n) is 4.42. The highest BCUT2D eigenvalue weighted by Crippen LogP contribution is 2.35. The third-order valence-corrected chi connectivity index (χ3v) is 3.13. The summed E-state index contributed by atoms with van der Waals surface area (Å²) in [6.07, 6.45) is 1.06. The maximum absolute atomic E-state index is 11.5. The van der Waals surface area contributed by atoms with Crippen molar-refractivity contribution in [2.45, 2.75) is 6.92 Å². The van der Waals surface area contributed by atoms with Crippen LogP contribution >= 0.6 is 7.59 Å². The van der Waals surface area contributed by atoms with E-state index in [1.807, 2.05) is 0 Å². The standard InChI is InChI=1S/C7H12N5O3P/c1-2-11(16(8,9)15)7-4-3-6(5-10-7)12(13)14/h3-5H,2H2,1H3,(H4,8,9,15). The first kappa shape index (κ1) is 12.6. The molecular formula is C7H12N5O3P. The predicted molar refractivity (Wildman–Crippen MR) is 59.9 cm³/mol. The van der Waals surface area contributed by atoms with Gasteiger partial charge in [-0.3, -0.25) is 30.4 Å². The van der Waals surface area contributed by atoms with Gasteiger partial charge in [0.2, 0.25) is 0 Å². The average Bonchev–Trinajstić information content (AvgIpc) is 2.17. The van der Waals surface area contributed by atoms with Crippen molar-refractivity contribution in [3.63, 3.8) is 0 Å². The van der Waals surface area contributed by atoms with Gasteiger partial charge in [0, 0.05) is 12.6 Å². The van der Waals surface area contributed by atoms with E-state index in [0.29, 0.717) is 6.54 Å². The van der Waals surface area contributed by atoms with Crippen molar-refractivity contribution in [2.75, 3.05) is 11.2 Å². The van der Waals surface area contributed by atoms with Gasteiger partial charge in [-0.05, 0) is 13.0 Å². The van der Waals surface area contributed by atoms with Crippen molar-refractivity contribution in [3.05, 3.63) is 28.4 Å². The van der Waals surface area contributed by atoms with E-state index < -0.39 is 12.5 Å². The SMILES string of the molecule is CCN(c1ccc([N+](=O)[O-])cn1)P(N)(N)=O. The molecule has 0 spiro atoms. The summed E-state index contributed by atoms with van der Waals surface area (Å²) in [5, 5.41) is 10.4. The summed E-state index contributed by atoms with van der Waals surface area (Å²) in [6.45, 7) is 2.00. The van der Waals surface area contributed by atoms with Crippen LogP contribution in [0.5, 0.6) is 0 Å². The molecule has 0 unspecified atom stereocenters. The zero-order valence-electron chi connectivity index (χ0n) is 8.61. The van der Waals surface area contributed by atoms with Gasteiger partial charge in [0.1, 0.15) is 12.0 Å². The number of rotatable bonds is 4.